The molecule has 0 spiro atoms. The molecule has 1 aromatic carbocycles. The van der Waals surface area contributed by atoms with Crippen LogP contribution in [0.15, 0.2) is 35.4 Å². The lowest BCUT2D eigenvalue weighted by Gasteiger charge is -2.37. The first kappa shape index (κ1) is 20.7. The molecule has 0 radical (unpaired) electrons. The summed E-state index contributed by atoms with van der Waals surface area (Å²) < 4.78 is 5.07. The Labute approximate surface area is 184 Å². The van der Waals surface area contributed by atoms with Crippen molar-refractivity contribution < 1.29 is 14.6 Å². The van der Waals surface area contributed by atoms with Crippen LogP contribution in [-0.2, 0) is 4.74 Å². The molecule has 7 nitrogen and oxygen atoms in total. The topological polar surface area (TPSA) is 89.8 Å². The van der Waals surface area contributed by atoms with E-state index in [9.17, 15) is 9.90 Å². The highest BCUT2D eigenvalue weighted by Gasteiger charge is 2.36. The molecule has 1 aromatic heterocycles. The molecule has 1 fully saturated rings. The largest absolute Gasteiger partial charge is 0.510 e. The maximum Gasteiger partial charge on any atom is 0.409 e. The van der Waals surface area contributed by atoms with Crippen molar-refractivity contribution in [2.75, 3.05) is 26.2 Å². The van der Waals surface area contributed by atoms with E-state index in [0.29, 0.717) is 47.7 Å². The van der Waals surface area contributed by atoms with E-state index < -0.39 is 0 Å². The van der Waals surface area contributed by atoms with Gasteiger partial charge in [-0.2, -0.15) is 0 Å². The summed E-state index contributed by atoms with van der Waals surface area (Å²) in [7, 11) is 0. The van der Waals surface area contributed by atoms with Gasteiger partial charge in [0.2, 0.25) is 0 Å². The number of amidine groups is 1. The third kappa shape index (κ3) is 4.02. The lowest BCUT2D eigenvalue weighted by Crippen LogP contribution is -2.47. The minimum absolute atomic E-state index is 0.0959. The minimum atomic E-state index is -0.286. The van der Waals surface area contributed by atoms with E-state index in [2.05, 4.69) is 4.98 Å². The maximum absolute atomic E-state index is 11.9. The quantitative estimate of drug-likeness (QED) is 0.713. The van der Waals surface area contributed by atoms with Crippen LogP contribution in [0.4, 0.5) is 4.79 Å². The zero-order valence-electron chi connectivity index (χ0n) is 16.6. The third-order valence-electron chi connectivity index (χ3n) is 5.42. The van der Waals surface area contributed by atoms with Crippen molar-refractivity contribution in [3.05, 3.63) is 45.4 Å². The van der Waals surface area contributed by atoms with Crippen LogP contribution in [0.3, 0.4) is 0 Å². The van der Waals surface area contributed by atoms with E-state index in [0.717, 1.165) is 24.1 Å². The molecular weight excluding hydrogens is 424 g/mol. The van der Waals surface area contributed by atoms with Crippen LogP contribution in [0, 0.1) is 5.41 Å². The van der Waals surface area contributed by atoms with Gasteiger partial charge in [0.15, 0.2) is 0 Å². The molecule has 0 unspecified atom stereocenters. The Bertz CT molecular complexity index is 980. The Kier molecular flexibility index (Phi) is 5.97. The van der Waals surface area contributed by atoms with Gasteiger partial charge in [-0.25, -0.2) is 9.78 Å². The molecule has 30 heavy (non-hydrogen) atoms. The molecule has 1 saturated heterocycles. The molecule has 9 heteroatoms. The van der Waals surface area contributed by atoms with E-state index in [1.165, 1.54) is 11.3 Å². The number of thiazole rings is 1. The summed E-state index contributed by atoms with van der Waals surface area (Å²) in [6, 6.07) is 7.53. The predicted octanol–water partition coefficient (Wildman–Crippen LogP) is 4.65. The van der Waals surface area contributed by atoms with Gasteiger partial charge in [0.25, 0.3) is 0 Å². The van der Waals surface area contributed by atoms with Gasteiger partial charge in [0.1, 0.15) is 16.6 Å². The van der Waals surface area contributed by atoms with Gasteiger partial charge in [-0.3, -0.25) is 5.41 Å². The van der Waals surface area contributed by atoms with Crippen molar-refractivity contribution in [2.24, 2.45) is 0 Å². The first-order chi connectivity index (χ1) is 14.5. The Morgan fingerprint density at radius 1 is 1.33 bits per heavy atom. The zero-order valence-corrected chi connectivity index (χ0v) is 18.2. The van der Waals surface area contributed by atoms with Crippen molar-refractivity contribution in [1.29, 1.82) is 5.41 Å². The standard InChI is InChI=1S/C21H23ClN4O3S/c1-2-29-21(28)25-9-7-15(8-10-25)26-11-17(27)18(19(26)23)20-24-16(12-30-20)13-3-5-14(22)6-4-13/h3-6,12,15,23,27H,2,7-11H2,1H3. The highest BCUT2D eigenvalue weighted by Crippen LogP contribution is 2.34. The average Bonchev–Trinajstić information content (AvgIpc) is 3.33. The normalized spacial score (nSPS) is 17.7. The number of likely N-dealkylation sites (tertiary alicyclic amines) is 1. The molecule has 4 rings (SSSR count). The summed E-state index contributed by atoms with van der Waals surface area (Å²) in [6.07, 6.45) is 1.18. The number of piperidine rings is 1. The molecule has 0 bridgehead atoms. The van der Waals surface area contributed by atoms with Gasteiger partial charge in [-0.1, -0.05) is 23.7 Å². The van der Waals surface area contributed by atoms with Crippen LogP contribution >= 0.6 is 22.9 Å². The smallest absolute Gasteiger partial charge is 0.409 e. The molecule has 0 saturated carbocycles. The summed E-state index contributed by atoms with van der Waals surface area (Å²) in [5.74, 6) is 0.462. The van der Waals surface area contributed by atoms with Gasteiger partial charge in [0, 0.05) is 35.1 Å². The molecule has 0 atom stereocenters. The lowest BCUT2D eigenvalue weighted by atomic mass is 10.0. The molecule has 158 valence electrons. The van der Waals surface area contributed by atoms with Crippen molar-refractivity contribution in [3.63, 3.8) is 0 Å². The molecule has 1 amide bonds. The van der Waals surface area contributed by atoms with Crippen LogP contribution in [0.1, 0.15) is 24.8 Å². The van der Waals surface area contributed by atoms with Crippen molar-refractivity contribution in [3.8, 4) is 11.3 Å². The number of carbonyl (C=O) groups excluding carboxylic acids is 1. The number of aliphatic hydroxyl groups is 1. The van der Waals surface area contributed by atoms with Gasteiger partial charge in [-0.15, -0.1) is 11.3 Å². The number of nitrogens with zero attached hydrogens (tertiary/aromatic N) is 3. The van der Waals surface area contributed by atoms with E-state index in [-0.39, 0.29) is 17.9 Å². The second-order valence-corrected chi connectivity index (χ2v) is 8.55. The number of nitrogens with one attached hydrogen (secondary N) is 1. The molecule has 0 aliphatic carbocycles. The maximum atomic E-state index is 11.9. The number of hydrogen-bond donors (Lipinski definition) is 2. The van der Waals surface area contributed by atoms with Crippen molar-refractivity contribution in [1.82, 2.24) is 14.8 Å². The number of aliphatic hydroxyl groups excluding tert-OH is 1. The fourth-order valence-corrected chi connectivity index (χ4v) is 4.87. The number of carbonyl (C=O) groups is 1. The monoisotopic (exact) mass is 446 g/mol. The fourth-order valence-electron chi connectivity index (χ4n) is 3.85. The SMILES string of the molecule is CCOC(=O)N1CCC(N2CC(O)=C(c3nc(-c4ccc(Cl)cc4)cs3)C2=N)CC1. The number of aromatic nitrogens is 1. The van der Waals surface area contributed by atoms with E-state index in [1.54, 1.807) is 11.8 Å². The van der Waals surface area contributed by atoms with Crippen LogP contribution in [0.25, 0.3) is 16.8 Å². The minimum Gasteiger partial charge on any atom is -0.510 e. The number of hydrogen-bond acceptors (Lipinski definition) is 6. The first-order valence-corrected chi connectivity index (χ1v) is 11.1. The summed E-state index contributed by atoms with van der Waals surface area (Å²) in [5.41, 5.74) is 2.23. The molecule has 2 aliphatic rings. The summed E-state index contributed by atoms with van der Waals surface area (Å²) >= 11 is 7.37. The number of rotatable bonds is 4. The number of benzene rings is 1. The Balaban J connectivity index is 1.45. The highest BCUT2D eigenvalue weighted by molar-refractivity contribution is 7.11. The summed E-state index contributed by atoms with van der Waals surface area (Å²) in [5, 5.41) is 22.5. The van der Waals surface area contributed by atoms with Gasteiger partial charge in [0.05, 0.1) is 24.4 Å². The second kappa shape index (κ2) is 8.65. The summed E-state index contributed by atoms with van der Waals surface area (Å²) in [4.78, 5) is 20.2. The molecule has 2 aromatic rings. The third-order valence-corrected chi connectivity index (χ3v) is 6.53. The van der Waals surface area contributed by atoms with Gasteiger partial charge in [-0.05, 0) is 31.9 Å². The first-order valence-electron chi connectivity index (χ1n) is 9.89. The van der Waals surface area contributed by atoms with Crippen molar-refractivity contribution in [2.45, 2.75) is 25.8 Å². The van der Waals surface area contributed by atoms with Crippen LogP contribution in [-0.4, -0.2) is 64.1 Å². The number of halogens is 1. The Morgan fingerprint density at radius 3 is 2.70 bits per heavy atom. The molecule has 2 N–H and O–H groups in total. The van der Waals surface area contributed by atoms with E-state index in [4.69, 9.17) is 21.7 Å². The Morgan fingerprint density at radius 2 is 2.03 bits per heavy atom. The number of ether oxygens (including phenoxy) is 1. The molecular formula is C21H23ClN4O3S. The summed E-state index contributed by atoms with van der Waals surface area (Å²) in [6.45, 7) is 3.63. The Hall–Kier alpha value is -2.58. The van der Waals surface area contributed by atoms with E-state index in [1.807, 2.05) is 34.5 Å². The van der Waals surface area contributed by atoms with Gasteiger partial charge < -0.3 is 19.6 Å². The van der Waals surface area contributed by atoms with Crippen LogP contribution in [0.5, 0.6) is 0 Å². The zero-order chi connectivity index (χ0) is 21.3. The lowest BCUT2D eigenvalue weighted by molar-refractivity contribution is 0.0876. The van der Waals surface area contributed by atoms with E-state index >= 15 is 0 Å². The highest BCUT2D eigenvalue weighted by atomic mass is 35.5. The fraction of sp³-hybridized carbons (Fsp3) is 0.381. The number of amides is 1. The molecule has 3 heterocycles. The van der Waals surface area contributed by atoms with Crippen LogP contribution < -0.4 is 0 Å². The van der Waals surface area contributed by atoms with Crippen molar-refractivity contribution >= 4 is 40.4 Å². The average molecular weight is 447 g/mol. The van der Waals surface area contributed by atoms with Gasteiger partial charge >= 0.3 is 6.09 Å². The molecule has 2 aliphatic heterocycles. The predicted molar refractivity (Wildman–Crippen MR) is 118 cm³/mol. The second-order valence-electron chi connectivity index (χ2n) is 7.26. The van der Waals surface area contributed by atoms with Crippen LogP contribution in [0.2, 0.25) is 5.02 Å².